The summed E-state index contributed by atoms with van der Waals surface area (Å²) < 4.78 is 36.5. The molecule has 3 rings (SSSR count). The maximum Gasteiger partial charge on any atom is 0.331 e. The predicted molar refractivity (Wildman–Crippen MR) is 101 cm³/mol. The Labute approximate surface area is 162 Å². The molecule has 8 nitrogen and oxygen atoms in total. The van der Waals surface area contributed by atoms with Crippen LogP contribution in [-0.4, -0.2) is 45.8 Å². The van der Waals surface area contributed by atoms with Crippen LogP contribution < -0.4 is 9.46 Å². The maximum absolute atomic E-state index is 12.2. The molecule has 1 aliphatic heterocycles. The normalized spacial score (nSPS) is 16.7. The van der Waals surface area contributed by atoms with Crippen molar-refractivity contribution in [3.8, 4) is 5.75 Å². The predicted octanol–water partition coefficient (Wildman–Crippen LogP) is 1.55. The first-order valence-electron chi connectivity index (χ1n) is 8.36. The first kappa shape index (κ1) is 19.6. The number of ketones is 1. The number of nitrogens with one attached hydrogen (secondary N) is 1. The van der Waals surface area contributed by atoms with Crippen LogP contribution >= 0.6 is 0 Å². The highest BCUT2D eigenvalue weighted by atomic mass is 32.2. The maximum atomic E-state index is 12.2. The van der Waals surface area contributed by atoms with Crippen molar-refractivity contribution in [1.82, 2.24) is 4.72 Å². The number of ether oxygens (including phenoxy) is 2. The number of methoxy groups -OCH3 is 1. The molecule has 1 atom stereocenters. The summed E-state index contributed by atoms with van der Waals surface area (Å²) in [5, 5.41) is 0. The molecule has 0 unspecified atom stereocenters. The van der Waals surface area contributed by atoms with Gasteiger partial charge < -0.3 is 9.47 Å². The molecular formula is C19H18N2O6S. The molecule has 28 heavy (non-hydrogen) atoms. The lowest BCUT2D eigenvalue weighted by Crippen LogP contribution is -2.27. The summed E-state index contributed by atoms with van der Waals surface area (Å²) in [5.74, 6) is -0.431. The molecule has 0 spiro atoms. The number of benzene rings is 2. The zero-order valence-corrected chi connectivity index (χ0v) is 16.0. The van der Waals surface area contributed by atoms with E-state index in [4.69, 9.17) is 9.47 Å². The number of hydrogen-bond donors (Lipinski definition) is 1. The van der Waals surface area contributed by atoms with Crippen LogP contribution in [-0.2, 0) is 19.6 Å². The lowest BCUT2D eigenvalue weighted by atomic mass is 10.1. The van der Waals surface area contributed by atoms with Crippen molar-refractivity contribution in [3.05, 3.63) is 59.7 Å². The Morgan fingerprint density at radius 1 is 1.11 bits per heavy atom. The summed E-state index contributed by atoms with van der Waals surface area (Å²) in [5.41, 5.74) is 0.765. The molecule has 0 saturated heterocycles. The van der Waals surface area contributed by atoms with Crippen LogP contribution in [0.2, 0.25) is 0 Å². The number of esters is 1. The highest BCUT2D eigenvalue weighted by Crippen LogP contribution is 2.22. The molecule has 0 saturated carbocycles. The van der Waals surface area contributed by atoms with Gasteiger partial charge in [0.25, 0.3) is 10.0 Å². The number of carbonyl (C=O) groups excluding carboxylic acids is 2. The van der Waals surface area contributed by atoms with Crippen LogP contribution in [0.15, 0.2) is 58.4 Å². The first-order valence-corrected chi connectivity index (χ1v) is 9.84. The van der Waals surface area contributed by atoms with E-state index in [2.05, 4.69) is 9.71 Å². The van der Waals surface area contributed by atoms with E-state index in [9.17, 15) is 18.0 Å². The van der Waals surface area contributed by atoms with Gasteiger partial charge in [0.15, 0.2) is 12.4 Å². The van der Waals surface area contributed by atoms with Crippen LogP contribution in [0.5, 0.6) is 5.75 Å². The Kier molecular flexibility index (Phi) is 5.46. The molecule has 0 aromatic heterocycles. The Bertz CT molecular complexity index is 1040. The van der Waals surface area contributed by atoms with E-state index in [1.807, 2.05) is 0 Å². The number of Topliss-reactive ketones (excluding diaryl/α,β-unsaturated/α-hetero) is 1. The van der Waals surface area contributed by atoms with Gasteiger partial charge in [0, 0.05) is 11.1 Å². The van der Waals surface area contributed by atoms with E-state index < -0.39 is 28.6 Å². The molecule has 0 bridgehead atoms. The minimum atomic E-state index is -3.69. The summed E-state index contributed by atoms with van der Waals surface area (Å²) >= 11 is 0. The molecule has 1 heterocycles. The number of nitrogens with zero attached hydrogens (tertiary/aromatic N) is 1. The summed E-state index contributed by atoms with van der Waals surface area (Å²) in [4.78, 5) is 28.5. The highest BCUT2D eigenvalue weighted by Gasteiger charge is 2.31. The molecular weight excluding hydrogens is 384 g/mol. The van der Waals surface area contributed by atoms with Crippen molar-refractivity contribution in [3.63, 3.8) is 0 Å². The van der Waals surface area contributed by atoms with Gasteiger partial charge >= 0.3 is 5.97 Å². The molecule has 0 fully saturated rings. The third-order valence-electron chi connectivity index (χ3n) is 4.08. The number of fused-ring (bicyclic) bond motifs is 1. The largest absolute Gasteiger partial charge is 0.497 e. The first-order chi connectivity index (χ1) is 13.3. The summed E-state index contributed by atoms with van der Waals surface area (Å²) in [6, 6.07) is 11.7. The quantitative estimate of drug-likeness (QED) is 0.580. The fraction of sp³-hybridized carbons (Fsp3) is 0.211. The number of rotatable bonds is 6. The molecule has 0 amide bonds. The smallest absolute Gasteiger partial charge is 0.331 e. The molecule has 1 N–H and O–H groups in total. The summed E-state index contributed by atoms with van der Waals surface area (Å²) in [6.45, 7) is 1.02. The highest BCUT2D eigenvalue weighted by molar-refractivity contribution is 7.90. The average Bonchev–Trinajstić information content (AvgIpc) is 2.96. The summed E-state index contributed by atoms with van der Waals surface area (Å²) in [6.07, 6.45) is 0. The molecule has 0 aliphatic carbocycles. The van der Waals surface area contributed by atoms with E-state index in [0.717, 1.165) is 0 Å². The van der Waals surface area contributed by atoms with Crippen LogP contribution in [0.3, 0.4) is 0 Å². The van der Waals surface area contributed by atoms with Gasteiger partial charge in [0.05, 0.1) is 12.0 Å². The van der Waals surface area contributed by atoms with Crippen molar-refractivity contribution < 1.29 is 27.5 Å². The van der Waals surface area contributed by atoms with Gasteiger partial charge in [0.1, 0.15) is 17.6 Å². The van der Waals surface area contributed by atoms with Gasteiger partial charge in [-0.25, -0.2) is 13.2 Å². The van der Waals surface area contributed by atoms with E-state index in [-0.39, 0.29) is 16.5 Å². The Morgan fingerprint density at radius 3 is 2.46 bits per heavy atom. The molecule has 2 aromatic carbocycles. The van der Waals surface area contributed by atoms with Gasteiger partial charge in [-0.2, -0.15) is 0 Å². The molecule has 2 aromatic rings. The van der Waals surface area contributed by atoms with E-state index >= 15 is 0 Å². The number of carbonyl (C=O) groups is 2. The van der Waals surface area contributed by atoms with Crippen LogP contribution in [0.1, 0.15) is 22.8 Å². The van der Waals surface area contributed by atoms with E-state index in [0.29, 0.717) is 16.9 Å². The van der Waals surface area contributed by atoms with Gasteiger partial charge in [0.2, 0.25) is 0 Å². The fourth-order valence-electron chi connectivity index (χ4n) is 2.59. The zero-order chi connectivity index (χ0) is 20.3. The van der Waals surface area contributed by atoms with E-state index in [1.54, 1.807) is 42.5 Å². The fourth-order valence-corrected chi connectivity index (χ4v) is 3.83. The van der Waals surface area contributed by atoms with Crippen molar-refractivity contribution in [2.75, 3.05) is 13.7 Å². The SMILES string of the molecule is COc1ccc(C(=O)COC(=O)[C@H](C)N=C2NS(=O)(=O)c3ccccc32)cc1. The average molecular weight is 402 g/mol. The molecule has 1 aliphatic rings. The van der Waals surface area contributed by atoms with Crippen molar-refractivity contribution in [1.29, 1.82) is 0 Å². The monoisotopic (exact) mass is 402 g/mol. The zero-order valence-electron chi connectivity index (χ0n) is 15.2. The van der Waals surface area contributed by atoms with Crippen LogP contribution in [0, 0.1) is 0 Å². The third kappa shape index (κ3) is 4.04. The Hall–Kier alpha value is -3.20. The Morgan fingerprint density at radius 2 is 1.79 bits per heavy atom. The number of amidine groups is 1. The number of sulfonamides is 1. The van der Waals surface area contributed by atoms with Gasteiger partial charge in [-0.05, 0) is 43.3 Å². The third-order valence-corrected chi connectivity index (χ3v) is 5.48. The second-order valence-electron chi connectivity index (χ2n) is 6.01. The molecule has 0 radical (unpaired) electrons. The van der Waals surface area contributed by atoms with Crippen molar-refractivity contribution in [2.24, 2.45) is 4.99 Å². The van der Waals surface area contributed by atoms with Crippen molar-refractivity contribution in [2.45, 2.75) is 17.9 Å². The minimum Gasteiger partial charge on any atom is -0.497 e. The number of hydrogen-bond acceptors (Lipinski definition) is 7. The summed E-state index contributed by atoms with van der Waals surface area (Å²) in [7, 11) is -2.17. The molecule has 9 heteroatoms. The van der Waals surface area contributed by atoms with Crippen molar-refractivity contribution >= 4 is 27.6 Å². The second-order valence-corrected chi connectivity index (χ2v) is 7.67. The van der Waals surface area contributed by atoms with Gasteiger partial charge in [-0.15, -0.1) is 0 Å². The lowest BCUT2D eigenvalue weighted by molar-refractivity contribution is -0.143. The van der Waals surface area contributed by atoms with Crippen LogP contribution in [0.25, 0.3) is 0 Å². The van der Waals surface area contributed by atoms with Crippen LogP contribution in [0.4, 0.5) is 0 Å². The standard InChI is InChI=1S/C19H18N2O6S/c1-12(20-18-15-5-3-4-6-17(15)28(24,25)21-18)19(23)27-11-16(22)13-7-9-14(26-2)10-8-13/h3-10,12H,11H2,1-2H3,(H,20,21)/t12-/m0/s1. The van der Waals surface area contributed by atoms with E-state index in [1.165, 1.54) is 20.1 Å². The molecule has 146 valence electrons. The van der Waals surface area contributed by atoms with Gasteiger partial charge in [-0.1, -0.05) is 12.1 Å². The number of aliphatic imine (C=N–C) groups is 1. The second kappa shape index (κ2) is 7.81. The Balaban J connectivity index is 1.65. The lowest BCUT2D eigenvalue weighted by Gasteiger charge is -2.09. The minimum absolute atomic E-state index is 0.0709. The van der Waals surface area contributed by atoms with Gasteiger partial charge in [-0.3, -0.25) is 14.5 Å². The topological polar surface area (TPSA) is 111 Å².